The Morgan fingerprint density at radius 2 is 0.952 bits per heavy atom. The van der Waals surface area contributed by atoms with E-state index in [1.54, 1.807) is 0 Å². The van der Waals surface area contributed by atoms with E-state index in [2.05, 4.69) is 55.6 Å². The Bertz CT molecular complexity index is 1120. The van der Waals surface area contributed by atoms with Crippen molar-refractivity contribution in [1.82, 2.24) is 5.32 Å². The minimum Gasteiger partial charge on any atom is -0.394 e. The van der Waals surface area contributed by atoms with E-state index in [1.165, 1.54) is 122 Å². The molecule has 11 nitrogen and oxygen atoms in total. The summed E-state index contributed by atoms with van der Waals surface area (Å²) in [6, 6.07) is -1.19. The van der Waals surface area contributed by atoms with Gasteiger partial charge in [0.05, 0.1) is 25.4 Å². The molecular formula is C52H97NO10. The van der Waals surface area contributed by atoms with Crippen molar-refractivity contribution in [2.24, 2.45) is 0 Å². The fourth-order valence-electron chi connectivity index (χ4n) is 8.10. The Morgan fingerprint density at radius 1 is 0.540 bits per heavy atom. The molecule has 0 aromatic heterocycles. The quantitative estimate of drug-likeness (QED) is 0.0216. The zero-order chi connectivity index (χ0) is 46.2. The van der Waals surface area contributed by atoms with Gasteiger partial charge in [0.15, 0.2) is 6.29 Å². The minimum atomic E-state index is -1.67. The van der Waals surface area contributed by atoms with Gasteiger partial charge in [-0.25, -0.2) is 0 Å². The van der Waals surface area contributed by atoms with Crippen LogP contribution in [-0.2, 0) is 14.3 Å². The van der Waals surface area contributed by atoms with Gasteiger partial charge in [-0.15, -0.1) is 0 Å². The molecule has 1 aliphatic rings. The molecule has 8 N–H and O–H groups in total. The summed E-state index contributed by atoms with van der Waals surface area (Å²) in [6.45, 7) is 3.39. The van der Waals surface area contributed by atoms with Crippen LogP contribution in [0.5, 0.6) is 0 Å². The zero-order valence-electron chi connectivity index (χ0n) is 40.1. The molecule has 9 atom stereocenters. The highest BCUT2D eigenvalue weighted by Gasteiger charge is 2.44. The molecule has 63 heavy (non-hydrogen) atoms. The van der Waals surface area contributed by atoms with Crippen molar-refractivity contribution in [2.75, 3.05) is 13.2 Å². The Hall–Kier alpha value is -1.67. The number of aliphatic hydroxyl groups is 7. The van der Waals surface area contributed by atoms with Crippen LogP contribution in [0.3, 0.4) is 0 Å². The summed E-state index contributed by atoms with van der Waals surface area (Å²) in [5.74, 6) is -0.722. The van der Waals surface area contributed by atoms with Crippen LogP contribution in [0.1, 0.15) is 219 Å². The summed E-state index contributed by atoms with van der Waals surface area (Å²) >= 11 is 0. The number of unbranched alkanes of at least 4 members (excludes halogenated alkanes) is 25. The van der Waals surface area contributed by atoms with Crippen molar-refractivity contribution < 1.29 is 50.0 Å². The molecule has 1 fully saturated rings. The van der Waals surface area contributed by atoms with Crippen molar-refractivity contribution in [3.8, 4) is 0 Å². The van der Waals surface area contributed by atoms with Crippen molar-refractivity contribution in [2.45, 2.75) is 274 Å². The summed E-state index contributed by atoms with van der Waals surface area (Å²) in [6.07, 6.45) is 37.9. The third-order valence-corrected chi connectivity index (χ3v) is 12.4. The Labute approximate surface area is 384 Å². The van der Waals surface area contributed by atoms with Gasteiger partial charge < -0.3 is 50.5 Å². The van der Waals surface area contributed by atoms with E-state index in [-0.39, 0.29) is 12.8 Å². The van der Waals surface area contributed by atoms with Crippen LogP contribution in [0.2, 0.25) is 0 Å². The van der Waals surface area contributed by atoms with E-state index >= 15 is 0 Å². The molecule has 0 aromatic rings. The van der Waals surface area contributed by atoms with Crippen molar-refractivity contribution in [3.05, 3.63) is 36.5 Å². The van der Waals surface area contributed by atoms with E-state index in [0.717, 1.165) is 51.4 Å². The largest absolute Gasteiger partial charge is 0.394 e. The topological polar surface area (TPSA) is 189 Å². The second-order valence-electron chi connectivity index (χ2n) is 18.2. The van der Waals surface area contributed by atoms with Crippen LogP contribution >= 0.6 is 0 Å². The molecule has 1 heterocycles. The maximum absolute atomic E-state index is 13.1. The van der Waals surface area contributed by atoms with Crippen LogP contribution < -0.4 is 5.32 Å². The first kappa shape index (κ1) is 59.3. The molecule has 0 radical (unpaired) electrons. The number of amides is 1. The van der Waals surface area contributed by atoms with Crippen molar-refractivity contribution in [1.29, 1.82) is 0 Å². The van der Waals surface area contributed by atoms with Gasteiger partial charge in [-0.05, 0) is 77.0 Å². The number of aliphatic hydroxyl groups excluding tert-OH is 7. The fourth-order valence-corrected chi connectivity index (χ4v) is 8.10. The van der Waals surface area contributed by atoms with E-state index in [4.69, 9.17) is 9.47 Å². The van der Waals surface area contributed by atoms with E-state index in [9.17, 15) is 40.5 Å². The lowest BCUT2D eigenvalue weighted by atomic mass is 9.98. The predicted molar refractivity (Wildman–Crippen MR) is 256 cm³/mol. The lowest BCUT2D eigenvalue weighted by molar-refractivity contribution is -0.303. The number of carbonyl (C=O) groups excluding carboxylic acids is 1. The maximum Gasteiger partial charge on any atom is 0.249 e. The lowest BCUT2D eigenvalue weighted by Gasteiger charge is -2.40. The highest BCUT2D eigenvalue weighted by molar-refractivity contribution is 5.80. The van der Waals surface area contributed by atoms with Crippen LogP contribution in [-0.4, -0.2) is 110 Å². The summed E-state index contributed by atoms with van der Waals surface area (Å²) < 4.78 is 11.1. The number of allylic oxidation sites excluding steroid dienone is 6. The van der Waals surface area contributed by atoms with Gasteiger partial charge in [0.1, 0.15) is 36.6 Å². The molecular weight excluding hydrogens is 799 g/mol. The first-order valence-corrected chi connectivity index (χ1v) is 25.9. The molecule has 1 saturated heterocycles. The first-order chi connectivity index (χ1) is 30.7. The number of carbonyl (C=O) groups is 1. The second kappa shape index (κ2) is 41.7. The van der Waals surface area contributed by atoms with Crippen molar-refractivity contribution >= 4 is 5.91 Å². The molecule has 370 valence electrons. The van der Waals surface area contributed by atoms with Gasteiger partial charge in [0.2, 0.25) is 5.91 Å². The van der Waals surface area contributed by atoms with E-state index in [1.807, 2.05) is 0 Å². The van der Waals surface area contributed by atoms with Crippen LogP contribution in [0, 0.1) is 0 Å². The second-order valence-corrected chi connectivity index (χ2v) is 18.2. The number of ether oxygens (including phenoxy) is 2. The summed E-state index contributed by atoms with van der Waals surface area (Å²) in [5, 5.41) is 75.7. The monoisotopic (exact) mass is 896 g/mol. The number of hydrogen-bond donors (Lipinski definition) is 8. The third-order valence-electron chi connectivity index (χ3n) is 12.4. The number of hydrogen-bond acceptors (Lipinski definition) is 10. The average Bonchev–Trinajstić information content (AvgIpc) is 3.28. The Morgan fingerprint density at radius 3 is 1.44 bits per heavy atom. The molecule has 0 aliphatic carbocycles. The molecule has 0 aromatic carbocycles. The molecule has 11 heteroatoms. The predicted octanol–water partition coefficient (Wildman–Crippen LogP) is 9.56. The van der Waals surface area contributed by atoms with Crippen LogP contribution in [0.15, 0.2) is 36.5 Å². The third kappa shape index (κ3) is 31.0. The Kier molecular flexibility index (Phi) is 39.3. The van der Waals surface area contributed by atoms with Gasteiger partial charge >= 0.3 is 0 Å². The molecule has 1 aliphatic heterocycles. The summed E-state index contributed by atoms with van der Waals surface area (Å²) in [5.41, 5.74) is 0. The molecule has 0 spiro atoms. The van der Waals surface area contributed by atoms with E-state index < -0.39 is 74.2 Å². The SMILES string of the molecule is CCCCC/C=C\CCCCCCC(O)C(=O)NC(COC1OC(CO)C(O)C(O)C1O)C(O)C(O)CCC/C=C/CC/C=C/CCCCCCCCCCCCCCCCCC. The van der Waals surface area contributed by atoms with Gasteiger partial charge in [-0.3, -0.25) is 4.79 Å². The summed E-state index contributed by atoms with van der Waals surface area (Å²) in [7, 11) is 0. The average molecular weight is 896 g/mol. The van der Waals surface area contributed by atoms with Gasteiger partial charge in [-0.2, -0.15) is 0 Å². The summed E-state index contributed by atoms with van der Waals surface area (Å²) in [4.78, 5) is 13.1. The van der Waals surface area contributed by atoms with Crippen LogP contribution in [0.4, 0.5) is 0 Å². The smallest absolute Gasteiger partial charge is 0.249 e. The molecule has 1 rings (SSSR count). The van der Waals surface area contributed by atoms with Crippen LogP contribution in [0.25, 0.3) is 0 Å². The van der Waals surface area contributed by atoms with Gasteiger partial charge in [0.25, 0.3) is 0 Å². The van der Waals surface area contributed by atoms with E-state index in [0.29, 0.717) is 19.3 Å². The molecule has 0 saturated carbocycles. The molecule has 9 unspecified atom stereocenters. The van der Waals surface area contributed by atoms with Gasteiger partial charge in [-0.1, -0.05) is 179 Å². The number of nitrogens with one attached hydrogen (secondary N) is 1. The lowest BCUT2D eigenvalue weighted by Crippen LogP contribution is -2.60. The Balaban J connectivity index is 2.36. The highest BCUT2D eigenvalue weighted by Crippen LogP contribution is 2.23. The fraction of sp³-hybridized carbons (Fsp3) is 0.865. The van der Waals surface area contributed by atoms with Gasteiger partial charge in [0, 0.05) is 0 Å². The highest BCUT2D eigenvalue weighted by atomic mass is 16.7. The zero-order valence-corrected chi connectivity index (χ0v) is 40.1. The van der Waals surface area contributed by atoms with Crippen molar-refractivity contribution in [3.63, 3.8) is 0 Å². The molecule has 0 bridgehead atoms. The standard InChI is InChI=1S/C52H97NO10/c1-3-5-7-9-11-13-15-16-17-18-19-20-21-22-23-24-25-26-27-28-30-31-33-35-37-39-44(55)47(57)43(42-62-52-50(60)49(59)48(58)46(41-54)63-52)53-51(61)45(56)40-38-36-34-32-29-14-12-10-8-6-4-2/h12,14,26-27,31,33,43-50,52,54-60H,3-11,13,15-25,28-30,32,34-42H2,1-2H3,(H,53,61)/b14-12-,27-26+,33-31+. The first-order valence-electron chi connectivity index (χ1n) is 25.9. The maximum atomic E-state index is 13.1. The minimum absolute atomic E-state index is 0.235. The molecule has 1 amide bonds. The normalized spacial score (nSPS) is 21.4. The number of rotatable bonds is 43.